The van der Waals surface area contributed by atoms with Crippen molar-refractivity contribution in [3.63, 3.8) is 0 Å². The fraction of sp³-hybridized carbons (Fsp3) is 0.923. The quantitative estimate of drug-likeness (QED) is 0.541. The largest absolute Gasteiger partial charge is 0.394 e. The molecule has 0 aromatic carbocycles. The number of hydrogen-bond acceptors (Lipinski definition) is 4. The van der Waals surface area contributed by atoms with Crippen LogP contribution in [-0.2, 0) is 4.79 Å². The monoisotopic (exact) mass is 256 g/mol. The maximum atomic E-state index is 12.2. The van der Waals surface area contributed by atoms with Crippen LogP contribution in [0.15, 0.2) is 0 Å². The van der Waals surface area contributed by atoms with Crippen LogP contribution < -0.4 is 10.6 Å². The van der Waals surface area contributed by atoms with Gasteiger partial charge in [0.25, 0.3) is 0 Å². The molecule has 0 aromatic heterocycles. The van der Waals surface area contributed by atoms with Gasteiger partial charge in [0, 0.05) is 5.92 Å². The summed E-state index contributed by atoms with van der Waals surface area (Å²) in [6.07, 6.45) is 3.61. The molecule has 0 bridgehead atoms. The van der Waals surface area contributed by atoms with E-state index in [0.717, 1.165) is 32.4 Å². The van der Waals surface area contributed by atoms with Crippen LogP contribution in [0.2, 0.25) is 0 Å². The van der Waals surface area contributed by atoms with Crippen molar-refractivity contribution in [2.75, 3.05) is 26.3 Å². The highest BCUT2D eigenvalue weighted by Gasteiger charge is 2.58. The molecule has 5 nitrogen and oxygen atoms in total. The molecule has 1 saturated heterocycles. The van der Waals surface area contributed by atoms with Gasteiger partial charge in [-0.15, -0.1) is 0 Å². The summed E-state index contributed by atoms with van der Waals surface area (Å²) in [6.45, 7) is 3.41. The number of aliphatic hydroxyl groups is 2. The van der Waals surface area contributed by atoms with E-state index in [9.17, 15) is 15.0 Å². The Kier molecular flexibility index (Phi) is 3.94. The van der Waals surface area contributed by atoms with Crippen molar-refractivity contribution in [1.82, 2.24) is 10.6 Å². The Labute approximate surface area is 108 Å². The topological polar surface area (TPSA) is 81.6 Å². The smallest absolute Gasteiger partial charge is 0.224 e. The Morgan fingerprint density at radius 2 is 2.00 bits per heavy atom. The first kappa shape index (κ1) is 13.8. The fourth-order valence-corrected chi connectivity index (χ4v) is 2.99. The number of carbonyl (C=O) groups is 1. The average Bonchev–Trinajstić information content (AvgIpc) is 3.10. The Morgan fingerprint density at radius 1 is 1.39 bits per heavy atom. The Balaban J connectivity index is 1.93. The number of nitrogens with one attached hydrogen (secondary N) is 2. The third-order valence-corrected chi connectivity index (χ3v) is 4.78. The second-order valence-electron chi connectivity index (χ2n) is 5.81. The maximum Gasteiger partial charge on any atom is 0.224 e. The summed E-state index contributed by atoms with van der Waals surface area (Å²) in [4.78, 5) is 12.2. The molecule has 5 heteroatoms. The van der Waals surface area contributed by atoms with Gasteiger partial charge < -0.3 is 20.8 Å². The van der Waals surface area contributed by atoms with Crippen molar-refractivity contribution in [1.29, 1.82) is 0 Å². The molecule has 1 atom stereocenters. The van der Waals surface area contributed by atoms with E-state index in [-0.39, 0.29) is 30.5 Å². The van der Waals surface area contributed by atoms with Crippen LogP contribution in [0.1, 0.15) is 32.6 Å². The SMILES string of the molecule is CCC(CO)(CO)NC(=O)C1CC12CCNCC2. The van der Waals surface area contributed by atoms with Gasteiger partial charge in [0.1, 0.15) is 0 Å². The molecule has 2 rings (SSSR count). The third kappa shape index (κ3) is 2.39. The molecule has 1 saturated carbocycles. The number of carbonyl (C=O) groups excluding carboxylic acids is 1. The van der Waals surface area contributed by atoms with Gasteiger partial charge in [0.15, 0.2) is 0 Å². The lowest BCUT2D eigenvalue weighted by molar-refractivity contribution is -0.126. The van der Waals surface area contributed by atoms with Gasteiger partial charge in [-0.2, -0.15) is 0 Å². The molecule has 2 fully saturated rings. The first-order valence-corrected chi connectivity index (χ1v) is 6.86. The molecule has 1 amide bonds. The van der Waals surface area contributed by atoms with Crippen LogP contribution >= 0.6 is 0 Å². The van der Waals surface area contributed by atoms with Crippen molar-refractivity contribution >= 4 is 5.91 Å². The minimum Gasteiger partial charge on any atom is -0.394 e. The number of aliphatic hydroxyl groups excluding tert-OH is 2. The maximum absolute atomic E-state index is 12.2. The van der Waals surface area contributed by atoms with Gasteiger partial charge in [-0.25, -0.2) is 0 Å². The summed E-state index contributed by atoms with van der Waals surface area (Å²) >= 11 is 0. The summed E-state index contributed by atoms with van der Waals surface area (Å²) < 4.78 is 0. The Hall–Kier alpha value is -0.650. The molecule has 4 N–H and O–H groups in total. The van der Waals surface area contributed by atoms with E-state index in [2.05, 4.69) is 10.6 Å². The molecule has 0 radical (unpaired) electrons. The van der Waals surface area contributed by atoms with Crippen LogP contribution in [-0.4, -0.2) is 48.0 Å². The standard InChI is InChI=1S/C13H24N2O3/c1-2-13(8-16,9-17)15-11(18)10-7-12(10)3-5-14-6-4-12/h10,14,16-17H,2-9H2,1H3,(H,15,18). The van der Waals surface area contributed by atoms with E-state index >= 15 is 0 Å². The predicted molar refractivity (Wildman–Crippen MR) is 68.0 cm³/mol. The lowest BCUT2D eigenvalue weighted by atomic mass is 9.91. The van der Waals surface area contributed by atoms with Gasteiger partial charge in [0.05, 0.1) is 18.8 Å². The van der Waals surface area contributed by atoms with E-state index in [4.69, 9.17) is 0 Å². The lowest BCUT2D eigenvalue weighted by Crippen LogP contribution is -2.54. The molecular weight excluding hydrogens is 232 g/mol. The fourth-order valence-electron chi connectivity index (χ4n) is 2.99. The first-order valence-electron chi connectivity index (χ1n) is 6.86. The summed E-state index contributed by atoms with van der Waals surface area (Å²) in [5.74, 6) is 0.0745. The van der Waals surface area contributed by atoms with Crippen LogP contribution in [0.25, 0.3) is 0 Å². The van der Waals surface area contributed by atoms with Crippen molar-refractivity contribution in [2.24, 2.45) is 11.3 Å². The minimum atomic E-state index is -0.853. The van der Waals surface area contributed by atoms with Gasteiger partial charge in [-0.1, -0.05) is 6.92 Å². The Bertz CT molecular complexity index is 301. The van der Waals surface area contributed by atoms with Crippen LogP contribution in [0.3, 0.4) is 0 Å². The second kappa shape index (κ2) is 5.15. The van der Waals surface area contributed by atoms with E-state index < -0.39 is 5.54 Å². The number of piperidine rings is 1. The van der Waals surface area contributed by atoms with Crippen molar-refractivity contribution in [3.05, 3.63) is 0 Å². The summed E-state index contributed by atoms with van der Waals surface area (Å²) in [5, 5.41) is 24.9. The van der Waals surface area contributed by atoms with E-state index in [0.29, 0.717) is 6.42 Å². The van der Waals surface area contributed by atoms with Crippen LogP contribution in [0, 0.1) is 11.3 Å². The highest BCUT2D eigenvalue weighted by molar-refractivity contribution is 5.83. The predicted octanol–water partition coefficient (Wildman–Crippen LogP) is -0.374. The zero-order chi connectivity index (χ0) is 13.2. The molecular formula is C13H24N2O3. The number of amides is 1. The molecule has 0 aromatic rings. The Morgan fingerprint density at radius 3 is 2.50 bits per heavy atom. The summed E-state index contributed by atoms with van der Waals surface area (Å²) in [5.41, 5.74) is -0.659. The average molecular weight is 256 g/mol. The normalized spacial score (nSPS) is 26.1. The lowest BCUT2D eigenvalue weighted by Gasteiger charge is -2.31. The highest BCUT2D eigenvalue weighted by atomic mass is 16.3. The van der Waals surface area contributed by atoms with Gasteiger partial charge in [-0.3, -0.25) is 4.79 Å². The molecule has 1 spiro atoms. The summed E-state index contributed by atoms with van der Waals surface area (Å²) in [7, 11) is 0. The summed E-state index contributed by atoms with van der Waals surface area (Å²) in [6, 6.07) is 0. The van der Waals surface area contributed by atoms with Gasteiger partial charge in [-0.05, 0) is 44.2 Å². The van der Waals surface area contributed by atoms with Crippen molar-refractivity contribution in [2.45, 2.75) is 38.1 Å². The number of rotatable bonds is 5. The molecule has 2 aliphatic rings. The third-order valence-electron chi connectivity index (χ3n) is 4.78. The van der Waals surface area contributed by atoms with E-state index in [1.807, 2.05) is 6.92 Å². The molecule has 1 unspecified atom stereocenters. The second-order valence-corrected chi connectivity index (χ2v) is 5.81. The number of hydrogen-bond donors (Lipinski definition) is 4. The van der Waals surface area contributed by atoms with Crippen molar-refractivity contribution in [3.8, 4) is 0 Å². The zero-order valence-electron chi connectivity index (χ0n) is 11.0. The van der Waals surface area contributed by atoms with Gasteiger partial charge >= 0.3 is 0 Å². The molecule has 1 aliphatic carbocycles. The molecule has 1 heterocycles. The molecule has 18 heavy (non-hydrogen) atoms. The van der Waals surface area contributed by atoms with E-state index in [1.165, 1.54) is 0 Å². The van der Waals surface area contributed by atoms with E-state index in [1.54, 1.807) is 0 Å². The molecule has 104 valence electrons. The highest BCUT2D eigenvalue weighted by Crippen LogP contribution is 2.58. The zero-order valence-corrected chi connectivity index (χ0v) is 11.0. The van der Waals surface area contributed by atoms with Gasteiger partial charge in [0.2, 0.25) is 5.91 Å². The minimum absolute atomic E-state index is 0.00171. The first-order chi connectivity index (χ1) is 8.61. The van der Waals surface area contributed by atoms with Crippen LogP contribution in [0.4, 0.5) is 0 Å². The van der Waals surface area contributed by atoms with Crippen LogP contribution in [0.5, 0.6) is 0 Å². The molecule has 1 aliphatic heterocycles. The van der Waals surface area contributed by atoms with Crippen molar-refractivity contribution < 1.29 is 15.0 Å².